The number of benzene rings is 2. The lowest BCUT2D eigenvalue weighted by molar-refractivity contribution is 0.0918. The van der Waals surface area contributed by atoms with Crippen molar-refractivity contribution < 1.29 is 14.3 Å². The number of nitriles is 1. The SMILES string of the molecule is CCOc1cc(C#N)ccc1OCC(=O)c1ccc(C)cc1C. The Balaban J connectivity index is 2.14. The monoisotopic (exact) mass is 309 g/mol. The molecule has 0 saturated carbocycles. The van der Waals surface area contributed by atoms with Crippen molar-refractivity contribution in [2.24, 2.45) is 0 Å². The Morgan fingerprint density at radius 1 is 1.09 bits per heavy atom. The Hall–Kier alpha value is -2.80. The van der Waals surface area contributed by atoms with Gasteiger partial charge >= 0.3 is 0 Å². The minimum absolute atomic E-state index is 0.0735. The van der Waals surface area contributed by atoms with Gasteiger partial charge < -0.3 is 9.47 Å². The van der Waals surface area contributed by atoms with E-state index in [4.69, 9.17) is 14.7 Å². The Bertz CT molecular complexity index is 760. The number of carbonyl (C=O) groups is 1. The topological polar surface area (TPSA) is 59.3 Å². The van der Waals surface area contributed by atoms with Gasteiger partial charge in [-0.25, -0.2) is 0 Å². The summed E-state index contributed by atoms with van der Waals surface area (Å²) in [5.41, 5.74) is 3.19. The molecule has 0 spiro atoms. The van der Waals surface area contributed by atoms with Gasteiger partial charge in [0, 0.05) is 11.6 Å². The highest BCUT2D eigenvalue weighted by Gasteiger charge is 2.12. The van der Waals surface area contributed by atoms with Crippen LogP contribution in [0, 0.1) is 25.2 Å². The van der Waals surface area contributed by atoms with Crippen LogP contribution >= 0.6 is 0 Å². The molecule has 0 amide bonds. The highest BCUT2D eigenvalue weighted by molar-refractivity contribution is 5.98. The van der Waals surface area contributed by atoms with Crippen LogP contribution in [0.25, 0.3) is 0 Å². The van der Waals surface area contributed by atoms with E-state index in [0.29, 0.717) is 29.2 Å². The molecule has 0 heterocycles. The summed E-state index contributed by atoms with van der Waals surface area (Å²) in [6.07, 6.45) is 0. The van der Waals surface area contributed by atoms with E-state index in [1.165, 1.54) is 0 Å². The van der Waals surface area contributed by atoms with Crippen LogP contribution in [0.3, 0.4) is 0 Å². The molecule has 4 heteroatoms. The lowest BCUT2D eigenvalue weighted by atomic mass is 10.0. The first-order valence-electron chi connectivity index (χ1n) is 7.45. The van der Waals surface area contributed by atoms with E-state index >= 15 is 0 Å². The van der Waals surface area contributed by atoms with Crippen molar-refractivity contribution in [3.63, 3.8) is 0 Å². The molecule has 118 valence electrons. The summed E-state index contributed by atoms with van der Waals surface area (Å²) in [5.74, 6) is 0.846. The quantitative estimate of drug-likeness (QED) is 0.761. The Morgan fingerprint density at radius 2 is 1.87 bits per heavy atom. The Morgan fingerprint density at radius 3 is 2.52 bits per heavy atom. The smallest absolute Gasteiger partial charge is 0.200 e. The second-order valence-electron chi connectivity index (χ2n) is 5.24. The van der Waals surface area contributed by atoms with Crippen molar-refractivity contribution in [3.05, 3.63) is 58.7 Å². The van der Waals surface area contributed by atoms with Gasteiger partial charge in [-0.2, -0.15) is 5.26 Å². The molecule has 0 aliphatic rings. The summed E-state index contributed by atoms with van der Waals surface area (Å²) in [4.78, 5) is 12.3. The zero-order valence-electron chi connectivity index (χ0n) is 13.6. The van der Waals surface area contributed by atoms with Gasteiger partial charge in [0.15, 0.2) is 23.9 Å². The van der Waals surface area contributed by atoms with Crippen molar-refractivity contribution in [1.82, 2.24) is 0 Å². The summed E-state index contributed by atoms with van der Waals surface area (Å²) in [7, 11) is 0. The Kier molecular flexibility index (Phi) is 5.37. The first-order valence-corrected chi connectivity index (χ1v) is 7.45. The highest BCUT2D eigenvalue weighted by Crippen LogP contribution is 2.28. The molecule has 0 aliphatic heterocycles. The minimum Gasteiger partial charge on any atom is -0.490 e. The van der Waals surface area contributed by atoms with E-state index in [1.54, 1.807) is 18.2 Å². The highest BCUT2D eigenvalue weighted by atomic mass is 16.5. The third-order valence-corrected chi connectivity index (χ3v) is 3.41. The van der Waals surface area contributed by atoms with Crippen LogP contribution in [0.5, 0.6) is 11.5 Å². The van der Waals surface area contributed by atoms with Gasteiger partial charge in [0.1, 0.15) is 0 Å². The fourth-order valence-electron chi connectivity index (χ4n) is 2.31. The molecule has 0 N–H and O–H groups in total. The summed E-state index contributed by atoms with van der Waals surface area (Å²) in [6.45, 7) is 6.13. The summed E-state index contributed by atoms with van der Waals surface area (Å²) in [6, 6.07) is 12.7. The number of hydrogen-bond acceptors (Lipinski definition) is 4. The fourth-order valence-corrected chi connectivity index (χ4v) is 2.31. The number of hydrogen-bond donors (Lipinski definition) is 0. The lowest BCUT2D eigenvalue weighted by Gasteiger charge is -2.12. The molecule has 4 nitrogen and oxygen atoms in total. The third-order valence-electron chi connectivity index (χ3n) is 3.41. The zero-order chi connectivity index (χ0) is 16.8. The van der Waals surface area contributed by atoms with Crippen molar-refractivity contribution in [2.45, 2.75) is 20.8 Å². The van der Waals surface area contributed by atoms with Crippen LogP contribution in [0.15, 0.2) is 36.4 Å². The summed E-state index contributed by atoms with van der Waals surface area (Å²) >= 11 is 0. The van der Waals surface area contributed by atoms with E-state index < -0.39 is 0 Å². The van der Waals surface area contributed by atoms with Crippen LogP contribution in [-0.4, -0.2) is 19.0 Å². The first-order chi connectivity index (χ1) is 11.0. The number of rotatable bonds is 6. The molecular formula is C19H19NO3. The van der Waals surface area contributed by atoms with Crippen LogP contribution in [-0.2, 0) is 0 Å². The number of nitrogens with zero attached hydrogens (tertiary/aromatic N) is 1. The molecule has 2 rings (SSSR count). The van der Waals surface area contributed by atoms with Gasteiger partial charge in [0.2, 0.25) is 0 Å². The predicted molar refractivity (Wildman–Crippen MR) is 88.1 cm³/mol. The maximum Gasteiger partial charge on any atom is 0.200 e. The van der Waals surface area contributed by atoms with E-state index in [1.807, 2.05) is 39.0 Å². The van der Waals surface area contributed by atoms with Crippen LogP contribution in [0.4, 0.5) is 0 Å². The maximum absolute atomic E-state index is 12.3. The normalized spacial score (nSPS) is 10.0. The molecule has 2 aromatic carbocycles. The van der Waals surface area contributed by atoms with Crippen molar-refractivity contribution >= 4 is 5.78 Å². The summed E-state index contributed by atoms with van der Waals surface area (Å²) < 4.78 is 11.1. The largest absolute Gasteiger partial charge is 0.490 e. The van der Waals surface area contributed by atoms with E-state index in [-0.39, 0.29) is 12.4 Å². The number of ether oxygens (including phenoxy) is 2. The average molecular weight is 309 g/mol. The van der Waals surface area contributed by atoms with E-state index in [2.05, 4.69) is 6.07 Å². The molecule has 0 aliphatic carbocycles. The molecule has 0 saturated heterocycles. The van der Waals surface area contributed by atoms with Crippen LogP contribution in [0.1, 0.15) is 34.0 Å². The second-order valence-corrected chi connectivity index (χ2v) is 5.24. The average Bonchev–Trinajstić information content (AvgIpc) is 2.53. The number of ketones is 1. The maximum atomic E-state index is 12.3. The molecular weight excluding hydrogens is 290 g/mol. The molecule has 23 heavy (non-hydrogen) atoms. The van der Waals surface area contributed by atoms with Gasteiger partial charge in [-0.3, -0.25) is 4.79 Å². The van der Waals surface area contributed by atoms with E-state index in [0.717, 1.165) is 11.1 Å². The van der Waals surface area contributed by atoms with Crippen molar-refractivity contribution in [2.75, 3.05) is 13.2 Å². The number of aryl methyl sites for hydroxylation is 2. The first kappa shape index (κ1) is 16.6. The standard InChI is InChI=1S/C19H19NO3/c1-4-22-19-10-15(11-20)6-8-18(19)23-12-17(21)16-7-5-13(2)9-14(16)3/h5-10H,4,12H2,1-3H3. The molecule has 0 fully saturated rings. The van der Waals surface area contributed by atoms with Crippen molar-refractivity contribution in [1.29, 1.82) is 5.26 Å². The van der Waals surface area contributed by atoms with Gasteiger partial charge in [0.05, 0.1) is 18.2 Å². The predicted octanol–water partition coefficient (Wildman–Crippen LogP) is 3.84. The number of Topliss-reactive ketones (excluding diaryl/α,β-unsaturated/α-hetero) is 1. The van der Waals surface area contributed by atoms with Crippen LogP contribution in [0.2, 0.25) is 0 Å². The van der Waals surface area contributed by atoms with Gasteiger partial charge in [-0.15, -0.1) is 0 Å². The molecule has 0 atom stereocenters. The third kappa shape index (κ3) is 4.10. The zero-order valence-corrected chi connectivity index (χ0v) is 13.6. The second kappa shape index (κ2) is 7.46. The van der Waals surface area contributed by atoms with Gasteiger partial charge in [0.25, 0.3) is 0 Å². The molecule has 0 aromatic heterocycles. The molecule has 2 aromatic rings. The molecule has 0 radical (unpaired) electrons. The fraction of sp³-hybridized carbons (Fsp3) is 0.263. The number of carbonyl (C=O) groups excluding carboxylic acids is 1. The Labute approximate surface area is 136 Å². The van der Waals surface area contributed by atoms with Gasteiger partial charge in [-0.05, 0) is 38.5 Å². The molecule has 0 unspecified atom stereocenters. The lowest BCUT2D eigenvalue weighted by Crippen LogP contribution is -2.13. The van der Waals surface area contributed by atoms with Crippen LogP contribution < -0.4 is 9.47 Å². The molecule has 0 bridgehead atoms. The van der Waals surface area contributed by atoms with Gasteiger partial charge in [-0.1, -0.05) is 23.8 Å². The van der Waals surface area contributed by atoms with E-state index in [9.17, 15) is 4.79 Å². The summed E-state index contributed by atoms with van der Waals surface area (Å²) in [5, 5.41) is 8.94. The van der Waals surface area contributed by atoms with Crippen molar-refractivity contribution in [3.8, 4) is 17.6 Å². The minimum atomic E-state index is -0.0886.